The van der Waals surface area contributed by atoms with E-state index in [1.807, 2.05) is 89.8 Å². The number of amides is 2. The molecule has 1 radical (unpaired) electrons. The fourth-order valence-corrected chi connectivity index (χ4v) is 4.30. The van der Waals surface area contributed by atoms with Gasteiger partial charge in [0.2, 0.25) is 11.8 Å². The van der Waals surface area contributed by atoms with Crippen molar-refractivity contribution in [2.45, 2.75) is 38.1 Å². The number of primary amides is 1. The standard InChI is InChI=1S/C28H30N3O3/c29-28(33)27-25(17-18-31(27)19-22-7-3-1-4-8-22)30-26(32)16-13-21-11-14-24(15-12-21)34-20-23-9-5-2-6-10-23/h1-12,14-16,25,27H,13,17-20H2,(H2,29,33)(H,30,32). The molecule has 1 heterocycles. The lowest BCUT2D eigenvalue weighted by molar-refractivity contribution is -0.124. The fraction of sp³-hybridized carbons (Fsp3) is 0.250. The third-order valence-corrected chi connectivity index (χ3v) is 6.04. The third-order valence-electron chi connectivity index (χ3n) is 6.04. The normalized spacial score (nSPS) is 17.9. The first-order chi connectivity index (χ1) is 16.6. The van der Waals surface area contributed by atoms with Gasteiger partial charge in [-0.15, -0.1) is 0 Å². The van der Waals surface area contributed by atoms with Crippen LogP contribution in [0.2, 0.25) is 0 Å². The minimum absolute atomic E-state index is 0.192. The van der Waals surface area contributed by atoms with E-state index in [0.29, 0.717) is 32.5 Å². The molecule has 0 aliphatic carbocycles. The summed E-state index contributed by atoms with van der Waals surface area (Å²) in [5.41, 5.74) is 8.93. The minimum Gasteiger partial charge on any atom is -0.489 e. The largest absolute Gasteiger partial charge is 0.489 e. The Labute approximate surface area is 200 Å². The van der Waals surface area contributed by atoms with E-state index in [-0.39, 0.29) is 11.9 Å². The summed E-state index contributed by atoms with van der Waals surface area (Å²) < 4.78 is 5.81. The number of rotatable bonds is 10. The predicted molar refractivity (Wildman–Crippen MR) is 132 cm³/mol. The average Bonchev–Trinajstić information content (AvgIpc) is 3.25. The molecule has 4 rings (SSSR count). The molecular formula is C28H30N3O3. The van der Waals surface area contributed by atoms with Crippen LogP contribution in [-0.2, 0) is 29.2 Å². The maximum Gasteiger partial charge on any atom is 0.236 e. The van der Waals surface area contributed by atoms with Crippen molar-refractivity contribution < 1.29 is 14.3 Å². The number of carbonyl (C=O) groups is 2. The summed E-state index contributed by atoms with van der Waals surface area (Å²) >= 11 is 0. The molecule has 34 heavy (non-hydrogen) atoms. The molecule has 3 N–H and O–H groups in total. The Hall–Kier alpha value is -3.64. The molecular weight excluding hydrogens is 426 g/mol. The summed E-state index contributed by atoms with van der Waals surface area (Å²) in [6.07, 6.45) is 2.79. The average molecular weight is 457 g/mol. The van der Waals surface area contributed by atoms with Crippen LogP contribution in [0.15, 0.2) is 84.9 Å². The highest BCUT2D eigenvalue weighted by Gasteiger charge is 2.38. The maximum atomic E-state index is 12.6. The highest BCUT2D eigenvalue weighted by atomic mass is 16.5. The second kappa shape index (κ2) is 11.5. The van der Waals surface area contributed by atoms with Gasteiger partial charge in [-0.25, -0.2) is 0 Å². The topological polar surface area (TPSA) is 84.7 Å². The van der Waals surface area contributed by atoms with Crippen LogP contribution >= 0.6 is 0 Å². The SMILES string of the molecule is NC(=O)C1C(NC(=O)[CH]Cc2ccc(OCc3ccccc3)cc2)CCN1Cc1ccccc1. The van der Waals surface area contributed by atoms with Gasteiger partial charge in [0, 0.05) is 13.1 Å². The van der Waals surface area contributed by atoms with Crippen molar-refractivity contribution in [1.82, 2.24) is 10.2 Å². The van der Waals surface area contributed by atoms with Crippen molar-refractivity contribution in [2.75, 3.05) is 6.54 Å². The third kappa shape index (κ3) is 6.45. The molecule has 0 aromatic heterocycles. The Morgan fingerprint density at radius 2 is 1.56 bits per heavy atom. The zero-order valence-electron chi connectivity index (χ0n) is 19.1. The molecule has 1 aliphatic rings. The van der Waals surface area contributed by atoms with Crippen LogP contribution in [-0.4, -0.2) is 35.3 Å². The molecule has 6 nitrogen and oxygen atoms in total. The summed E-state index contributed by atoms with van der Waals surface area (Å²) in [5.74, 6) is 0.179. The Bertz CT molecular complexity index is 1070. The van der Waals surface area contributed by atoms with E-state index >= 15 is 0 Å². The van der Waals surface area contributed by atoms with E-state index in [1.165, 1.54) is 0 Å². The molecule has 3 aromatic rings. The summed E-state index contributed by atoms with van der Waals surface area (Å²) in [6.45, 7) is 1.85. The second-order valence-electron chi connectivity index (χ2n) is 8.53. The van der Waals surface area contributed by atoms with Gasteiger partial charge in [0.15, 0.2) is 0 Å². The van der Waals surface area contributed by atoms with Gasteiger partial charge in [-0.3, -0.25) is 14.5 Å². The molecule has 2 unspecified atom stereocenters. The highest BCUT2D eigenvalue weighted by molar-refractivity contribution is 5.87. The van der Waals surface area contributed by atoms with Gasteiger partial charge in [0.25, 0.3) is 0 Å². The molecule has 1 saturated heterocycles. The number of nitrogens with zero attached hydrogens (tertiary/aromatic N) is 1. The number of benzene rings is 3. The second-order valence-corrected chi connectivity index (χ2v) is 8.53. The first kappa shape index (κ1) is 23.5. The van der Waals surface area contributed by atoms with Gasteiger partial charge in [0.05, 0.1) is 12.5 Å². The molecule has 0 spiro atoms. The van der Waals surface area contributed by atoms with Crippen molar-refractivity contribution in [1.29, 1.82) is 0 Å². The Balaban J connectivity index is 1.25. The zero-order valence-corrected chi connectivity index (χ0v) is 19.1. The Morgan fingerprint density at radius 1 is 0.912 bits per heavy atom. The van der Waals surface area contributed by atoms with Crippen molar-refractivity contribution in [3.05, 3.63) is 108 Å². The monoisotopic (exact) mass is 456 g/mol. The number of carbonyl (C=O) groups excluding carboxylic acids is 2. The van der Waals surface area contributed by atoms with Crippen LogP contribution in [0.25, 0.3) is 0 Å². The molecule has 0 bridgehead atoms. The molecule has 2 amide bonds. The van der Waals surface area contributed by atoms with Gasteiger partial charge < -0.3 is 15.8 Å². The number of nitrogens with two attached hydrogens (primary N) is 1. The van der Waals surface area contributed by atoms with E-state index < -0.39 is 11.9 Å². The van der Waals surface area contributed by atoms with Crippen molar-refractivity contribution in [3.8, 4) is 5.75 Å². The van der Waals surface area contributed by atoms with Crippen molar-refractivity contribution in [2.24, 2.45) is 5.73 Å². The number of hydrogen-bond donors (Lipinski definition) is 2. The van der Waals surface area contributed by atoms with Crippen LogP contribution in [0, 0.1) is 6.42 Å². The quantitative estimate of drug-likeness (QED) is 0.491. The number of likely N-dealkylation sites (tertiary alicyclic amines) is 1. The van der Waals surface area contributed by atoms with Crippen molar-refractivity contribution >= 4 is 11.8 Å². The maximum absolute atomic E-state index is 12.6. The smallest absolute Gasteiger partial charge is 0.236 e. The molecule has 6 heteroatoms. The Morgan fingerprint density at radius 3 is 2.21 bits per heavy atom. The van der Waals surface area contributed by atoms with Crippen LogP contribution in [0.4, 0.5) is 0 Å². The van der Waals surface area contributed by atoms with E-state index in [2.05, 4.69) is 5.32 Å². The fourth-order valence-electron chi connectivity index (χ4n) is 4.30. The molecule has 175 valence electrons. The summed E-state index contributed by atoms with van der Waals surface area (Å²) in [6, 6.07) is 26.9. The van der Waals surface area contributed by atoms with Gasteiger partial charge in [0.1, 0.15) is 18.4 Å². The molecule has 0 saturated carbocycles. The lowest BCUT2D eigenvalue weighted by Crippen LogP contribution is -2.51. The minimum atomic E-state index is -0.515. The molecule has 1 fully saturated rings. The lowest BCUT2D eigenvalue weighted by atomic mass is 10.1. The van der Waals surface area contributed by atoms with Gasteiger partial charge in [-0.1, -0.05) is 72.8 Å². The van der Waals surface area contributed by atoms with Gasteiger partial charge in [-0.2, -0.15) is 0 Å². The zero-order chi connectivity index (χ0) is 23.8. The first-order valence-corrected chi connectivity index (χ1v) is 11.5. The van der Waals surface area contributed by atoms with Crippen LogP contribution in [0.3, 0.4) is 0 Å². The summed E-state index contributed by atoms with van der Waals surface area (Å²) in [5, 5.41) is 2.98. The van der Waals surface area contributed by atoms with Gasteiger partial charge in [-0.05, 0) is 41.7 Å². The van der Waals surface area contributed by atoms with E-state index in [4.69, 9.17) is 10.5 Å². The first-order valence-electron chi connectivity index (χ1n) is 11.5. The summed E-state index contributed by atoms with van der Waals surface area (Å²) in [7, 11) is 0. The van der Waals surface area contributed by atoms with E-state index in [9.17, 15) is 9.59 Å². The molecule has 3 aromatic carbocycles. The number of nitrogens with one attached hydrogen (secondary N) is 1. The van der Waals surface area contributed by atoms with Crippen LogP contribution < -0.4 is 15.8 Å². The highest BCUT2D eigenvalue weighted by Crippen LogP contribution is 2.21. The molecule has 1 aliphatic heterocycles. The van der Waals surface area contributed by atoms with Crippen molar-refractivity contribution in [3.63, 3.8) is 0 Å². The number of hydrogen-bond acceptors (Lipinski definition) is 4. The van der Waals surface area contributed by atoms with Crippen LogP contribution in [0.5, 0.6) is 5.75 Å². The summed E-state index contributed by atoms with van der Waals surface area (Å²) in [4.78, 5) is 26.8. The van der Waals surface area contributed by atoms with E-state index in [0.717, 1.165) is 22.4 Å². The predicted octanol–water partition coefficient (Wildman–Crippen LogP) is 3.26. The Kier molecular flexibility index (Phi) is 7.94. The van der Waals surface area contributed by atoms with Gasteiger partial charge >= 0.3 is 0 Å². The van der Waals surface area contributed by atoms with E-state index in [1.54, 1.807) is 6.42 Å². The number of ether oxygens (including phenoxy) is 1. The lowest BCUT2D eigenvalue weighted by Gasteiger charge is -2.26. The molecule has 2 atom stereocenters. The van der Waals surface area contributed by atoms with Crippen LogP contribution in [0.1, 0.15) is 23.1 Å².